The van der Waals surface area contributed by atoms with Gasteiger partial charge >= 0.3 is 0 Å². The Bertz CT molecular complexity index is 895. The summed E-state index contributed by atoms with van der Waals surface area (Å²) in [5.41, 5.74) is 1.23. The Labute approximate surface area is 156 Å². The first-order chi connectivity index (χ1) is 12.5. The van der Waals surface area contributed by atoms with Crippen LogP contribution in [0.5, 0.6) is 0 Å². The molecule has 134 valence electrons. The zero-order valence-electron chi connectivity index (χ0n) is 14.5. The Morgan fingerprint density at radius 2 is 1.96 bits per heavy atom. The highest BCUT2D eigenvalue weighted by molar-refractivity contribution is 6.30. The first-order valence-electron chi connectivity index (χ1n) is 8.13. The number of ether oxygens (including phenoxy) is 1. The predicted molar refractivity (Wildman–Crippen MR) is 100 cm³/mol. The van der Waals surface area contributed by atoms with E-state index in [2.05, 4.69) is 10.5 Å². The molecule has 2 aromatic carbocycles. The van der Waals surface area contributed by atoms with Crippen molar-refractivity contribution in [2.75, 3.05) is 13.7 Å². The maximum atomic E-state index is 12.4. The largest absolute Gasteiger partial charge is 0.372 e. The standard InChI is InChI=1S/C20H19ClN2O3/c1-20(25-2,15-9-6-10-16(21)11-15)13-22-19(24)17-12-18(26-23-17)14-7-4-3-5-8-14/h3-12H,13H2,1-2H3,(H,22,24). The zero-order chi connectivity index (χ0) is 18.6. The molecule has 1 amide bonds. The minimum absolute atomic E-state index is 0.216. The number of nitrogens with one attached hydrogen (secondary N) is 1. The molecule has 6 heteroatoms. The Hall–Kier alpha value is -2.63. The molecule has 3 rings (SSSR count). The molecule has 0 bridgehead atoms. The van der Waals surface area contributed by atoms with Gasteiger partial charge in [-0.15, -0.1) is 0 Å². The van der Waals surface area contributed by atoms with Gasteiger partial charge in [0, 0.05) is 23.8 Å². The normalized spacial score (nSPS) is 13.2. The fraction of sp³-hybridized carbons (Fsp3) is 0.200. The number of amides is 1. The maximum Gasteiger partial charge on any atom is 0.273 e. The van der Waals surface area contributed by atoms with Crippen LogP contribution >= 0.6 is 11.6 Å². The Balaban J connectivity index is 1.71. The SMILES string of the molecule is COC(C)(CNC(=O)c1cc(-c2ccccc2)on1)c1cccc(Cl)c1. The molecular formula is C20H19ClN2O3. The molecule has 1 heterocycles. The lowest BCUT2D eigenvalue weighted by atomic mass is 9.95. The minimum Gasteiger partial charge on any atom is -0.372 e. The van der Waals surface area contributed by atoms with Gasteiger partial charge in [-0.1, -0.05) is 59.2 Å². The predicted octanol–water partition coefficient (Wildman–Crippen LogP) is 4.29. The van der Waals surface area contributed by atoms with Crippen molar-refractivity contribution in [2.24, 2.45) is 0 Å². The van der Waals surface area contributed by atoms with Crippen LogP contribution in [-0.4, -0.2) is 24.7 Å². The van der Waals surface area contributed by atoms with E-state index in [0.29, 0.717) is 10.8 Å². The molecule has 0 saturated heterocycles. The number of hydrogen-bond donors (Lipinski definition) is 1. The molecule has 3 aromatic rings. The fourth-order valence-corrected chi connectivity index (χ4v) is 2.76. The van der Waals surface area contributed by atoms with Gasteiger partial charge < -0.3 is 14.6 Å². The molecule has 0 saturated carbocycles. The second kappa shape index (κ2) is 7.72. The van der Waals surface area contributed by atoms with Crippen molar-refractivity contribution in [1.29, 1.82) is 0 Å². The summed E-state index contributed by atoms with van der Waals surface area (Å²) < 4.78 is 10.9. The third-order valence-corrected chi connectivity index (χ3v) is 4.51. The first kappa shape index (κ1) is 18.2. The van der Waals surface area contributed by atoms with E-state index in [-0.39, 0.29) is 18.1 Å². The van der Waals surface area contributed by atoms with Gasteiger partial charge in [0.15, 0.2) is 11.5 Å². The van der Waals surface area contributed by atoms with E-state index in [1.165, 1.54) is 0 Å². The second-order valence-corrected chi connectivity index (χ2v) is 6.51. The van der Waals surface area contributed by atoms with Crippen LogP contribution in [-0.2, 0) is 10.3 Å². The van der Waals surface area contributed by atoms with Crippen LogP contribution in [0.3, 0.4) is 0 Å². The van der Waals surface area contributed by atoms with Crippen molar-refractivity contribution in [3.05, 3.63) is 76.9 Å². The van der Waals surface area contributed by atoms with Crippen LogP contribution < -0.4 is 5.32 Å². The number of nitrogens with zero attached hydrogens (tertiary/aromatic N) is 1. The fourth-order valence-electron chi connectivity index (χ4n) is 2.57. The van der Waals surface area contributed by atoms with Crippen molar-refractivity contribution in [2.45, 2.75) is 12.5 Å². The molecule has 0 aliphatic heterocycles. The summed E-state index contributed by atoms with van der Waals surface area (Å²) in [4.78, 5) is 12.4. The quantitative estimate of drug-likeness (QED) is 0.703. The highest BCUT2D eigenvalue weighted by Crippen LogP contribution is 2.26. The van der Waals surface area contributed by atoms with Crippen LogP contribution in [0.15, 0.2) is 65.2 Å². The first-order valence-corrected chi connectivity index (χ1v) is 8.51. The van der Waals surface area contributed by atoms with E-state index >= 15 is 0 Å². The lowest BCUT2D eigenvalue weighted by Crippen LogP contribution is -2.40. The highest BCUT2D eigenvalue weighted by Gasteiger charge is 2.28. The summed E-state index contributed by atoms with van der Waals surface area (Å²) in [5.74, 6) is 0.210. The molecule has 0 spiro atoms. The van der Waals surface area contributed by atoms with Crippen LogP contribution in [0.1, 0.15) is 23.0 Å². The van der Waals surface area contributed by atoms with Gasteiger partial charge in [-0.05, 0) is 24.6 Å². The van der Waals surface area contributed by atoms with Crippen LogP contribution in [0.2, 0.25) is 5.02 Å². The molecule has 0 radical (unpaired) electrons. The van der Waals surface area contributed by atoms with E-state index in [9.17, 15) is 4.79 Å². The summed E-state index contributed by atoms with van der Waals surface area (Å²) in [5, 5.41) is 7.31. The van der Waals surface area contributed by atoms with Gasteiger partial charge in [0.2, 0.25) is 0 Å². The van der Waals surface area contributed by atoms with Gasteiger partial charge in [0.25, 0.3) is 5.91 Å². The number of rotatable bonds is 6. The Morgan fingerprint density at radius 1 is 1.19 bits per heavy atom. The molecular weight excluding hydrogens is 352 g/mol. The molecule has 26 heavy (non-hydrogen) atoms. The number of halogens is 1. The molecule has 1 aromatic heterocycles. The van der Waals surface area contributed by atoms with Crippen LogP contribution in [0, 0.1) is 0 Å². The molecule has 0 fully saturated rings. The molecule has 0 aliphatic carbocycles. The Kier molecular flexibility index (Phi) is 5.40. The summed E-state index contributed by atoms with van der Waals surface area (Å²) >= 11 is 6.06. The van der Waals surface area contributed by atoms with Crippen molar-refractivity contribution < 1.29 is 14.1 Å². The van der Waals surface area contributed by atoms with Crippen molar-refractivity contribution in [3.63, 3.8) is 0 Å². The average Bonchev–Trinajstić information content (AvgIpc) is 3.17. The summed E-state index contributed by atoms with van der Waals surface area (Å²) in [6.07, 6.45) is 0. The van der Waals surface area contributed by atoms with E-state index in [1.807, 2.05) is 55.5 Å². The number of methoxy groups -OCH3 is 1. The van der Waals surface area contributed by atoms with Gasteiger partial charge in [-0.2, -0.15) is 0 Å². The van der Waals surface area contributed by atoms with Gasteiger partial charge in [-0.25, -0.2) is 0 Å². The van der Waals surface area contributed by atoms with Crippen molar-refractivity contribution in [3.8, 4) is 11.3 Å². The summed E-state index contributed by atoms with van der Waals surface area (Å²) in [6, 6.07) is 18.5. The van der Waals surface area contributed by atoms with E-state index in [1.54, 1.807) is 19.2 Å². The van der Waals surface area contributed by atoms with E-state index in [4.69, 9.17) is 20.9 Å². The monoisotopic (exact) mass is 370 g/mol. The van der Waals surface area contributed by atoms with Crippen molar-refractivity contribution >= 4 is 17.5 Å². The smallest absolute Gasteiger partial charge is 0.273 e. The lowest BCUT2D eigenvalue weighted by Gasteiger charge is -2.29. The third kappa shape index (κ3) is 3.95. The zero-order valence-corrected chi connectivity index (χ0v) is 15.3. The lowest BCUT2D eigenvalue weighted by molar-refractivity contribution is 0.00308. The topological polar surface area (TPSA) is 64.4 Å². The minimum atomic E-state index is -0.716. The van der Waals surface area contributed by atoms with Crippen LogP contribution in [0.4, 0.5) is 0 Å². The number of hydrogen-bond acceptors (Lipinski definition) is 4. The van der Waals surface area contributed by atoms with Crippen LogP contribution in [0.25, 0.3) is 11.3 Å². The molecule has 1 N–H and O–H groups in total. The summed E-state index contributed by atoms with van der Waals surface area (Å²) in [6.45, 7) is 2.15. The molecule has 1 unspecified atom stereocenters. The number of aromatic nitrogens is 1. The van der Waals surface area contributed by atoms with E-state index in [0.717, 1.165) is 11.1 Å². The average molecular weight is 371 g/mol. The molecule has 0 aliphatic rings. The van der Waals surface area contributed by atoms with Crippen molar-refractivity contribution in [1.82, 2.24) is 10.5 Å². The summed E-state index contributed by atoms with van der Waals surface area (Å²) in [7, 11) is 1.59. The molecule has 1 atom stereocenters. The third-order valence-electron chi connectivity index (χ3n) is 4.27. The van der Waals surface area contributed by atoms with Gasteiger partial charge in [0.1, 0.15) is 5.60 Å². The number of benzene rings is 2. The van der Waals surface area contributed by atoms with Gasteiger partial charge in [-0.3, -0.25) is 4.79 Å². The molecule has 5 nitrogen and oxygen atoms in total. The van der Waals surface area contributed by atoms with Gasteiger partial charge in [0.05, 0.1) is 6.54 Å². The number of carbonyl (C=O) groups is 1. The second-order valence-electron chi connectivity index (χ2n) is 6.07. The number of carbonyl (C=O) groups excluding carboxylic acids is 1. The highest BCUT2D eigenvalue weighted by atomic mass is 35.5. The van der Waals surface area contributed by atoms with E-state index < -0.39 is 5.60 Å². The Morgan fingerprint density at radius 3 is 2.65 bits per heavy atom. The maximum absolute atomic E-state index is 12.4.